The standard InChI is InChI=1S/C10H11BrClNO/c1-7(11)6-13-10-5-8(14-2)3-4-9(10)12/h3-5,13H,1,6H2,2H3. The fourth-order valence-corrected chi connectivity index (χ4v) is 1.28. The zero-order chi connectivity index (χ0) is 10.6. The van der Waals surface area contributed by atoms with E-state index in [0.29, 0.717) is 11.6 Å². The van der Waals surface area contributed by atoms with Gasteiger partial charge in [0.2, 0.25) is 0 Å². The second-order valence-corrected chi connectivity index (χ2v) is 4.25. The third kappa shape index (κ3) is 3.24. The highest BCUT2D eigenvalue weighted by molar-refractivity contribution is 9.11. The Morgan fingerprint density at radius 3 is 2.93 bits per heavy atom. The highest BCUT2D eigenvalue weighted by Gasteiger charge is 2.01. The topological polar surface area (TPSA) is 21.3 Å². The molecule has 0 saturated carbocycles. The molecule has 1 aromatic rings. The van der Waals surface area contributed by atoms with E-state index in [0.717, 1.165) is 15.9 Å². The van der Waals surface area contributed by atoms with E-state index in [4.69, 9.17) is 16.3 Å². The van der Waals surface area contributed by atoms with Gasteiger partial charge in [0.25, 0.3) is 0 Å². The first-order chi connectivity index (χ1) is 6.63. The van der Waals surface area contributed by atoms with Crippen molar-refractivity contribution in [3.8, 4) is 5.75 Å². The number of benzene rings is 1. The molecule has 0 bridgehead atoms. The molecule has 0 spiro atoms. The first-order valence-corrected chi connectivity index (χ1v) is 5.21. The van der Waals surface area contributed by atoms with Gasteiger partial charge < -0.3 is 10.1 Å². The molecule has 1 N–H and O–H groups in total. The van der Waals surface area contributed by atoms with Gasteiger partial charge in [0.1, 0.15) is 5.75 Å². The SMILES string of the molecule is C=C(Br)CNc1cc(OC)ccc1Cl. The lowest BCUT2D eigenvalue weighted by Crippen LogP contribution is -2.01. The number of nitrogens with one attached hydrogen (secondary N) is 1. The van der Waals surface area contributed by atoms with Crippen LogP contribution in [0.1, 0.15) is 0 Å². The molecule has 4 heteroatoms. The Bertz CT molecular complexity index is 341. The number of methoxy groups -OCH3 is 1. The minimum Gasteiger partial charge on any atom is -0.497 e. The Hall–Kier alpha value is -0.670. The maximum atomic E-state index is 5.97. The molecule has 76 valence electrons. The van der Waals surface area contributed by atoms with Crippen molar-refractivity contribution in [3.05, 3.63) is 34.3 Å². The van der Waals surface area contributed by atoms with Crippen LogP contribution < -0.4 is 10.1 Å². The molecule has 0 fully saturated rings. The lowest BCUT2D eigenvalue weighted by atomic mass is 10.3. The minimum absolute atomic E-state index is 0.632. The molecule has 0 aliphatic rings. The van der Waals surface area contributed by atoms with E-state index in [2.05, 4.69) is 27.8 Å². The van der Waals surface area contributed by atoms with Crippen LogP contribution in [0.3, 0.4) is 0 Å². The largest absolute Gasteiger partial charge is 0.497 e. The minimum atomic E-state index is 0.632. The Morgan fingerprint density at radius 1 is 1.64 bits per heavy atom. The van der Waals surface area contributed by atoms with Crippen molar-refractivity contribution in [1.29, 1.82) is 0 Å². The van der Waals surface area contributed by atoms with Crippen molar-refractivity contribution < 1.29 is 4.74 Å². The summed E-state index contributed by atoms with van der Waals surface area (Å²) in [5, 5.41) is 3.79. The second kappa shape index (κ2) is 5.27. The molecule has 1 aromatic carbocycles. The molecule has 0 saturated heterocycles. The number of ether oxygens (including phenoxy) is 1. The van der Waals surface area contributed by atoms with Crippen LogP contribution in [0.4, 0.5) is 5.69 Å². The molecule has 0 unspecified atom stereocenters. The summed E-state index contributed by atoms with van der Waals surface area (Å²) in [4.78, 5) is 0. The Balaban J connectivity index is 2.78. The van der Waals surface area contributed by atoms with E-state index >= 15 is 0 Å². The first kappa shape index (κ1) is 11.4. The first-order valence-electron chi connectivity index (χ1n) is 4.04. The van der Waals surface area contributed by atoms with Gasteiger partial charge in [0.05, 0.1) is 17.8 Å². The van der Waals surface area contributed by atoms with Crippen molar-refractivity contribution in [2.75, 3.05) is 19.0 Å². The molecule has 0 radical (unpaired) electrons. The summed E-state index contributed by atoms with van der Waals surface area (Å²) >= 11 is 9.23. The highest BCUT2D eigenvalue weighted by atomic mass is 79.9. The van der Waals surface area contributed by atoms with Crippen LogP contribution in [0.5, 0.6) is 5.75 Å². The predicted octanol–water partition coefficient (Wildman–Crippen LogP) is 3.67. The smallest absolute Gasteiger partial charge is 0.121 e. The second-order valence-electron chi connectivity index (χ2n) is 2.72. The quantitative estimate of drug-likeness (QED) is 0.906. The summed E-state index contributed by atoms with van der Waals surface area (Å²) in [6.45, 7) is 4.35. The van der Waals surface area contributed by atoms with E-state index in [1.54, 1.807) is 13.2 Å². The fourth-order valence-electron chi connectivity index (χ4n) is 0.958. The molecule has 0 aromatic heterocycles. The average molecular weight is 277 g/mol. The number of rotatable bonds is 4. The molecule has 0 aliphatic carbocycles. The molecular weight excluding hydrogens is 265 g/mol. The van der Waals surface area contributed by atoms with Crippen LogP contribution in [0.2, 0.25) is 5.02 Å². The Kier molecular flexibility index (Phi) is 4.29. The van der Waals surface area contributed by atoms with Gasteiger partial charge >= 0.3 is 0 Å². The average Bonchev–Trinajstić information content (AvgIpc) is 2.16. The van der Waals surface area contributed by atoms with Crippen LogP contribution in [-0.2, 0) is 0 Å². The van der Waals surface area contributed by atoms with Crippen LogP contribution >= 0.6 is 27.5 Å². The summed E-state index contributed by atoms with van der Waals surface area (Å²) in [5.74, 6) is 0.775. The maximum absolute atomic E-state index is 5.97. The molecule has 1 rings (SSSR count). The number of halogens is 2. The van der Waals surface area contributed by atoms with Crippen LogP contribution in [0.15, 0.2) is 29.3 Å². The zero-order valence-corrected chi connectivity index (χ0v) is 10.2. The maximum Gasteiger partial charge on any atom is 0.121 e. The van der Waals surface area contributed by atoms with E-state index in [1.807, 2.05) is 12.1 Å². The summed E-state index contributed by atoms with van der Waals surface area (Å²) in [5.41, 5.74) is 0.839. The van der Waals surface area contributed by atoms with E-state index < -0.39 is 0 Å². The summed E-state index contributed by atoms with van der Waals surface area (Å²) < 4.78 is 5.96. The van der Waals surface area contributed by atoms with Crippen LogP contribution in [0, 0.1) is 0 Å². The molecule has 0 heterocycles. The normalized spacial score (nSPS) is 9.64. The van der Waals surface area contributed by atoms with Gasteiger partial charge in [-0.15, -0.1) is 0 Å². The molecule has 14 heavy (non-hydrogen) atoms. The third-order valence-corrected chi connectivity index (χ3v) is 2.25. The van der Waals surface area contributed by atoms with Crippen molar-refractivity contribution in [2.24, 2.45) is 0 Å². The molecule has 0 atom stereocenters. The number of hydrogen-bond acceptors (Lipinski definition) is 2. The van der Waals surface area contributed by atoms with E-state index in [1.165, 1.54) is 0 Å². The van der Waals surface area contributed by atoms with Crippen LogP contribution in [0.25, 0.3) is 0 Å². The lowest BCUT2D eigenvalue weighted by molar-refractivity contribution is 0.415. The molecule has 2 nitrogen and oxygen atoms in total. The highest BCUT2D eigenvalue weighted by Crippen LogP contribution is 2.26. The van der Waals surface area contributed by atoms with Crippen LogP contribution in [-0.4, -0.2) is 13.7 Å². The van der Waals surface area contributed by atoms with E-state index in [-0.39, 0.29) is 0 Å². The Morgan fingerprint density at radius 2 is 2.36 bits per heavy atom. The van der Waals surface area contributed by atoms with Crippen molar-refractivity contribution >= 4 is 33.2 Å². The Labute approximate surface area is 97.0 Å². The molecule has 0 amide bonds. The molecular formula is C10H11BrClNO. The van der Waals surface area contributed by atoms with E-state index in [9.17, 15) is 0 Å². The predicted molar refractivity (Wildman–Crippen MR) is 64.6 cm³/mol. The summed E-state index contributed by atoms with van der Waals surface area (Å²) in [6, 6.07) is 5.45. The monoisotopic (exact) mass is 275 g/mol. The summed E-state index contributed by atoms with van der Waals surface area (Å²) in [6.07, 6.45) is 0. The van der Waals surface area contributed by atoms with Gasteiger partial charge in [-0.2, -0.15) is 0 Å². The number of anilines is 1. The van der Waals surface area contributed by atoms with Crippen molar-refractivity contribution in [1.82, 2.24) is 0 Å². The lowest BCUT2D eigenvalue weighted by Gasteiger charge is -2.09. The van der Waals surface area contributed by atoms with Gasteiger partial charge in [-0.3, -0.25) is 0 Å². The zero-order valence-electron chi connectivity index (χ0n) is 7.81. The van der Waals surface area contributed by atoms with Crippen molar-refractivity contribution in [3.63, 3.8) is 0 Å². The summed E-state index contributed by atoms with van der Waals surface area (Å²) in [7, 11) is 1.62. The van der Waals surface area contributed by atoms with Gasteiger partial charge in [-0.1, -0.05) is 34.1 Å². The van der Waals surface area contributed by atoms with Gasteiger partial charge in [-0.25, -0.2) is 0 Å². The van der Waals surface area contributed by atoms with Gasteiger partial charge in [0.15, 0.2) is 0 Å². The number of hydrogen-bond donors (Lipinski definition) is 1. The fraction of sp³-hybridized carbons (Fsp3) is 0.200. The third-order valence-electron chi connectivity index (χ3n) is 1.64. The molecule has 0 aliphatic heterocycles. The van der Waals surface area contributed by atoms with Crippen molar-refractivity contribution in [2.45, 2.75) is 0 Å². The van der Waals surface area contributed by atoms with Gasteiger partial charge in [0, 0.05) is 17.1 Å². The van der Waals surface area contributed by atoms with Gasteiger partial charge in [-0.05, 0) is 12.1 Å².